The Morgan fingerprint density at radius 1 is 1.25 bits per heavy atom. The Morgan fingerprint density at radius 2 is 1.90 bits per heavy atom. The first-order valence-electron chi connectivity index (χ1n) is 6.34. The molecular formula is C13H21N3O4. The topological polar surface area (TPSA) is 108 Å². The highest BCUT2D eigenvalue weighted by Gasteiger charge is 2.18. The Kier molecular flexibility index (Phi) is 8.59. The van der Waals surface area contributed by atoms with Crippen molar-refractivity contribution in [3.8, 4) is 12.3 Å². The molecule has 0 aromatic rings. The minimum absolute atomic E-state index is 0.0996. The van der Waals surface area contributed by atoms with E-state index in [4.69, 9.17) is 11.5 Å². The van der Waals surface area contributed by atoms with Crippen LogP contribution < -0.4 is 16.0 Å². The van der Waals surface area contributed by atoms with Crippen molar-refractivity contribution in [2.45, 2.75) is 32.7 Å². The monoisotopic (exact) mass is 283 g/mol. The van der Waals surface area contributed by atoms with Gasteiger partial charge in [-0.3, -0.25) is 4.79 Å². The van der Waals surface area contributed by atoms with Crippen LogP contribution >= 0.6 is 0 Å². The molecule has 0 bridgehead atoms. The van der Waals surface area contributed by atoms with Crippen LogP contribution in [0.1, 0.15) is 26.7 Å². The summed E-state index contributed by atoms with van der Waals surface area (Å²) in [7, 11) is 0. The lowest BCUT2D eigenvalue weighted by molar-refractivity contribution is -0.139. The summed E-state index contributed by atoms with van der Waals surface area (Å²) in [6.45, 7) is 4.65. The van der Waals surface area contributed by atoms with E-state index in [0.717, 1.165) is 0 Å². The van der Waals surface area contributed by atoms with Crippen molar-refractivity contribution in [2.75, 3.05) is 13.1 Å². The summed E-state index contributed by atoms with van der Waals surface area (Å²) in [6.07, 6.45) is 5.03. The summed E-state index contributed by atoms with van der Waals surface area (Å²) < 4.78 is 0. The molecule has 4 N–H and O–H groups in total. The zero-order valence-electron chi connectivity index (χ0n) is 11.7. The zero-order chi connectivity index (χ0) is 15.5. The number of terminal acetylenes is 1. The minimum Gasteiger partial charge on any atom is -0.480 e. The zero-order valence-corrected chi connectivity index (χ0v) is 11.7. The highest BCUT2D eigenvalue weighted by molar-refractivity contribution is 5.83. The number of aliphatic carboxylic acids is 1. The Bertz CT molecular complexity index is 388. The molecule has 0 heterocycles. The number of urea groups is 1. The van der Waals surface area contributed by atoms with Crippen LogP contribution in [0.4, 0.5) is 4.79 Å². The standard InChI is InChI=1S/C13H21N3O4/c1-4-5-10(12(18)19)16-13(20)14-7-6-11(17)15-8-9(2)3/h1,9-10H,5-8H2,2-3H3,(H,15,17)(H,18,19)(H2,14,16,20). The number of carbonyl (C=O) groups is 3. The fraction of sp³-hybridized carbons (Fsp3) is 0.615. The van der Waals surface area contributed by atoms with E-state index in [1.54, 1.807) is 0 Å². The first-order valence-corrected chi connectivity index (χ1v) is 6.34. The van der Waals surface area contributed by atoms with Crippen molar-refractivity contribution < 1.29 is 19.5 Å². The van der Waals surface area contributed by atoms with Crippen LogP contribution in [-0.2, 0) is 9.59 Å². The van der Waals surface area contributed by atoms with Crippen LogP contribution in [-0.4, -0.2) is 42.1 Å². The second-order valence-corrected chi connectivity index (χ2v) is 4.65. The summed E-state index contributed by atoms with van der Waals surface area (Å²) in [4.78, 5) is 33.5. The molecule has 0 aliphatic heterocycles. The Labute approximate surface area is 118 Å². The lowest BCUT2D eigenvalue weighted by atomic mass is 10.2. The molecule has 1 unspecified atom stereocenters. The van der Waals surface area contributed by atoms with E-state index in [-0.39, 0.29) is 25.3 Å². The van der Waals surface area contributed by atoms with Gasteiger partial charge in [-0.1, -0.05) is 13.8 Å². The smallest absolute Gasteiger partial charge is 0.327 e. The Morgan fingerprint density at radius 3 is 2.40 bits per heavy atom. The number of hydrogen-bond donors (Lipinski definition) is 4. The van der Waals surface area contributed by atoms with Crippen molar-refractivity contribution in [2.24, 2.45) is 5.92 Å². The third-order valence-corrected chi connectivity index (χ3v) is 2.27. The number of rotatable bonds is 8. The van der Waals surface area contributed by atoms with Crippen LogP contribution in [0.25, 0.3) is 0 Å². The molecule has 0 aromatic heterocycles. The first kappa shape index (κ1) is 17.8. The minimum atomic E-state index is -1.20. The molecule has 1 atom stereocenters. The van der Waals surface area contributed by atoms with Crippen LogP contribution in [0, 0.1) is 18.3 Å². The molecule has 3 amide bonds. The maximum absolute atomic E-state index is 11.4. The molecule has 0 spiro atoms. The van der Waals surface area contributed by atoms with Crippen molar-refractivity contribution in [1.82, 2.24) is 16.0 Å². The van der Waals surface area contributed by atoms with Gasteiger partial charge in [0.15, 0.2) is 0 Å². The fourth-order valence-electron chi connectivity index (χ4n) is 1.22. The van der Waals surface area contributed by atoms with Crippen molar-refractivity contribution in [3.05, 3.63) is 0 Å². The summed E-state index contributed by atoms with van der Waals surface area (Å²) in [5, 5.41) is 16.1. The van der Waals surface area contributed by atoms with Gasteiger partial charge >= 0.3 is 12.0 Å². The molecular weight excluding hydrogens is 262 g/mol. The average molecular weight is 283 g/mol. The molecule has 0 aliphatic rings. The lowest BCUT2D eigenvalue weighted by Crippen LogP contribution is -2.46. The normalized spacial score (nSPS) is 11.3. The molecule has 7 nitrogen and oxygen atoms in total. The quantitative estimate of drug-likeness (QED) is 0.467. The second-order valence-electron chi connectivity index (χ2n) is 4.65. The number of hydrogen-bond acceptors (Lipinski definition) is 3. The van der Waals surface area contributed by atoms with Gasteiger partial charge < -0.3 is 21.1 Å². The average Bonchev–Trinajstić information content (AvgIpc) is 2.35. The maximum atomic E-state index is 11.4. The molecule has 0 aromatic carbocycles. The van der Waals surface area contributed by atoms with Gasteiger partial charge in [0.25, 0.3) is 0 Å². The largest absolute Gasteiger partial charge is 0.480 e. The molecule has 0 saturated heterocycles. The van der Waals surface area contributed by atoms with Crippen LogP contribution in [0.3, 0.4) is 0 Å². The summed E-state index contributed by atoms with van der Waals surface area (Å²) in [6, 6.07) is -1.79. The van der Waals surface area contributed by atoms with E-state index in [2.05, 4.69) is 21.9 Å². The molecule has 7 heteroatoms. The molecule has 0 saturated carbocycles. The van der Waals surface area contributed by atoms with E-state index >= 15 is 0 Å². The highest BCUT2D eigenvalue weighted by atomic mass is 16.4. The van der Waals surface area contributed by atoms with Gasteiger partial charge in [0, 0.05) is 25.9 Å². The van der Waals surface area contributed by atoms with Gasteiger partial charge in [0.1, 0.15) is 6.04 Å². The number of nitrogens with one attached hydrogen (secondary N) is 3. The van der Waals surface area contributed by atoms with E-state index in [1.807, 2.05) is 13.8 Å². The molecule has 0 fully saturated rings. The Balaban J connectivity index is 3.90. The maximum Gasteiger partial charge on any atom is 0.327 e. The summed E-state index contributed by atoms with van der Waals surface area (Å²) in [5.41, 5.74) is 0. The van der Waals surface area contributed by atoms with Gasteiger partial charge in [-0.15, -0.1) is 12.3 Å². The first-order chi connectivity index (χ1) is 9.36. The van der Waals surface area contributed by atoms with Crippen molar-refractivity contribution in [1.29, 1.82) is 0 Å². The summed E-state index contributed by atoms with van der Waals surface area (Å²) >= 11 is 0. The predicted octanol–water partition coefficient (Wildman–Crippen LogP) is -0.0756. The van der Waals surface area contributed by atoms with Gasteiger partial charge in [0.05, 0.1) is 0 Å². The van der Waals surface area contributed by atoms with Crippen LogP contribution in [0.5, 0.6) is 0 Å². The number of carboxylic acids is 1. The number of carboxylic acid groups (broad SMARTS) is 1. The van der Waals surface area contributed by atoms with Gasteiger partial charge in [0.2, 0.25) is 5.91 Å². The third-order valence-electron chi connectivity index (χ3n) is 2.27. The predicted molar refractivity (Wildman–Crippen MR) is 73.9 cm³/mol. The van der Waals surface area contributed by atoms with E-state index in [0.29, 0.717) is 12.5 Å². The van der Waals surface area contributed by atoms with E-state index < -0.39 is 18.0 Å². The van der Waals surface area contributed by atoms with Crippen LogP contribution in [0.15, 0.2) is 0 Å². The van der Waals surface area contributed by atoms with Crippen molar-refractivity contribution in [3.63, 3.8) is 0 Å². The SMILES string of the molecule is C#CCC(NC(=O)NCCC(=O)NCC(C)C)C(=O)O. The molecule has 0 rings (SSSR count). The van der Waals surface area contributed by atoms with Gasteiger partial charge in [-0.2, -0.15) is 0 Å². The number of carbonyl (C=O) groups excluding carboxylic acids is 2. The van der Waals surface area contributed by atoms with Crippen LogP contribution in [0.2, 0.25) is 0 Å². The molecule has 0 radical (unpaired) electrons. The van der Waals surface area contributed by atoms with Gasteiger partial charge in [-0.25, -0.2) is 9.59 Å². The second kappa shape index (κ2) is 9.67. The Hall–Kier alpha value is -2.23. The lowest BCUT2D eigenvalue weighted by Gasteiger charge is -2.13. The van der Waals surface area contributed by atoms with Crippen molar-refractivity contribution >= 4 is 17.9 Å². The summed E-state index contributed by atoms with van der Waals surface area (Å²) in [5.74, 6) is 1.16. The molecule has 0 aliphatic carbocycles. The highest BCUT2D eigenvalue weighted by Crippen LogP contribution is 1.91. The van der Waals surface area contributed by atoms with Gasteiger partial charge in [-0.05, 0) is 5.92 Å². The number of amides is 3. The third kappa shape index (κ3) is 8.80. The molecule has 20 heavy (non-hydrogen) atoms. The molecule has 112 valence electrons. The van der Waals surface area contributed by atoms with E-state index in [1.165, 1.54) is 0 Å². The fourth-order valence-corrected chi connectivity index (χ4v) is 1.22. The van der Waals surface area contributed by atoms with E-state index in [9.17, 15) is 14.4 Å².